The number of methoxy groups -OCH3 is 1. The molecule has 2 N–H and O–H groups in total. The molecule has 2 amide bonds. The molecule has 200 valence electrons. The van der Waals surface area contributed by atoms with E-state index in [4.69, 9.17) is 10.5 Å². The maximum atomic E-state index is 13.8. The largest absolute Gasteiger partial charge is 0.497 e. The first-order chi connectivity index (χ1) is 18.1. The van der Waals surface area contributed by atoms with Crippen LogP contribution in [0.25, 0.3) is 5.69 Å². The number of sulfone groups is 1. The van der Waals surface area contributed by atoms with E-state index in [2.05, 4.69) is 10.00 Å². The Kier molecular flexibility index (Phi) is 6.52. The average Bonchev–Trinajstić information content (AvgIpc) is 3.58. The van der Waals surface area contributed by atoms with Crippen LogP contribution in [0.2, 0.25) is 0 Å². The molecule has 11 heteroatoms. The summed E-state index contributed by atoms with van der Waals surface area (Å²) in [4.78, 5) is 30.1. The van der Waals surface area contributed by atoms with Gasteiger partial charge in [-0.3, -0.25) is 14.5 Å². The molecule has 5 rings (SSSR count). The molecule has 2 aromatic carbocycles. The second kappa shape index (κ2) is 9.55. The Morgan fingerprint density at radius 3 is 2.16 bits per heavy atom. The fourth-order valence-corrected chi connectivity index (χ4v) is 6.27. The van der Waals surface area contributed by atoms with Gasteiger partial charge in [0.2, 0.25) is 5.91 Å². The summed E-state index contributed by atoms with van der Waals surface area (Å²) in [6, 6.07) is 14.2. The number of hydrogen-bond donors (Lipinski definition) is 1. The number of nitrogens with zero attached hydrogens (tertiary/aromatic N) is 4. The number of hydrogen-bond acceptors (Lipinski definition) is 7. The minimum Gasteiger partial charge on any atom is -0.497 e. The van der Waals surface area contributed by atoms with Crippen LogP contribution in [0.1, 0.15) is 41.4 Å². The monoisotopic (exact) mass is 537 g/mol. The van der Waals surface area contributed by atoms with Crippen LogP contribution in [0, 0.1) is 0 Å². The molecule has 2 aliphatic heterocycles. The molecular formula is C27H31N5O5S. The highest BCUT2D eigenvalue weighted by Gasteiger charge is 2.41. The third-order valence-corrected chi connectivity index (χ3v) is 8.64. The molecule has 2 aliphatic rings. The van der Waals surface area contributed by atoms with Crippen LogP contribution in [0.3, 0.4) is 0 Å². The Labute approximate surface area is 221 Å². The zero-order valence-corrected chi connectivity index (χ0v) is 22.5. The second-order valence-electron chi connectivity index (χ2n) is 9.90. The summed E-state index contributed by atoms with van der Waals surface area (Å²) in [5.41, 5.74) is 7.50. The molecule has 3 heterocycles. The molecule has 10 nitrogen and oxygen atoms in total. The first kappa shape index (κ1) is 25.9. The molecule has 1 fully saturated rings. The molecule has 0 radical (unpaired) electrons. The Morgan fingerprint density at radius 2 is 1.61 bits per heavy atom. The van der Waals surface area contributed by atoms with Gasteiger partial charge in [-0.2, -0.15) is 5.10 Å². The normalized spacial score (nSPS) is 17.8. The third-order valence-electron chi connectivity index (χ3n) is 7.61. The lowest BCUT2D eigenvalue weighted by atomic mass is 9.89. The highest BCUT2D eigenvalue weighted by atomic mass is 32.2. The van der Waals surface area contributed by atoms with E-state index >= 15 is 0 Å². The first-order valence-electron chi connectivity index (χ1n) is 12.5. The predicted octanol–water partition coefficient (Wildman–Crippen LogP) is 2.28. The van der Waals surface area contributed by atoms with Gasteiger partial charge in [-0.05, 0) is 81.2 Å². The summed E-state index contributed by atoms with van der Waals surface area (Å²) in [6.07, 6.45) is 3.46. The van der Waals surface area contributed by atoms with E-state index in [9.17, 15) is 18.0 Å². The topological polar surface area (TPSA) is 128 Å². The lowest BCUT2D eigenvalue weighted by Crippen LogP contribution is -2.51. The van der Waals surface area contributed by atoms with Crippen LogP contribution in [0.4, 0.5) is 5.69 Å². The molecule has 1 saturated heterocycles. The van der Waals surface area contributed by atoms with Crippen LogP contribution in [-0.4, -0.2) is 67.9 Å². The van der Waals surface area contributed by atoms with Crippen molar-refractivity contribution in [3.63, 3.8) is 0 Å². The van der Waals surface area contributed by atoms with Crippen molar-refractivity contribution in [1.29, 1.82) is 0 Å². The van der Waals surface area contributed by atoms with Gasteiger partial charge in [0, 0.05) is 24.1 Å². The predicted molar refractivity (Wildman–Crippen MR) is 142 cm³/mol. The molecule has 1 unspecified atom stereocenters. The molecule has 0 aliphatic carbocycles. The van der Waals surface area contributed by atoms with E-state index in [1.165, 1.54) is 4.68 Å². The van der Waals surface area contributed by atoms with Crippen molar-refractivity contribution in [1.82, 2.24) is 14.7 Å². The smallest absolute Gasteiger partial charge is 0.277 e. The van der Waals surface area contributed by atoms with Crippen LogP contribution in [-0.2, 0) is 26.6 Å². The number of carbonyl (C=O) groups excluding carboxylic acids is 2. The van der Waals surface area contributed by atoms with E-state index < -0.39 is 21.3 Å². The molecule has 3 aromatic rings. The van der Waals surface area contributed by atoms with Crippen molar-refractivity contribution in [3.8, 4) is 11.4 Å². The van der Waals surface area contributed by atoms with Crippen LogP contribution >= 0.6 is 0 Å². The Balaban J connectivity index is 1.53. The van der Waals surface area contributed by atoms with Gasteiger partial charge in [0.25, 0.3) is 5.91 Å². The average molecular weight is 538 g/mol. The number of nitrogens with two attached hydrogens (primary N) is 1. The van der Waals surface area contributed by atoms with Gasteiger partial charge in [0.05, 0.1) is 12.8 Å². The number of carbonyl (C=O) groups is 2. The van der Waals surface area contributed by atoms with Crippen LogP contribution in [0.15, 0.2) is 53.6 Å². The second-order valence-corrected chi connectivity index (χ2v) is 11.8. The SMILES string of the molecule is COc1ccc(-n2nc(S(C)(=O)=O)c3c2C(=O)N(c2ccc(C(C)(C(N)=O)N4CCCC4)cc2)CC3)cc1. The minimum absolute atomic E-state index is 0.0884. The number of aromatic nitrogens is 2. The number of primary amides is 1. The quantitative estimate of drug-likeness (QED) is 0.490. The van der Waals surface area contributed by atoms with Crippen molar-refractivity contribution >= 4 is 27.3 Å². The van der Waals surface area contributed by atoms with E-state index in [0.717, 1.165) is 37.8 Å². The number of fused-ring (bicyclic) bond motifs is 1. The standard InChI is InChI=1S/C27H31N5O5S/c1-27(26(28)34,30-15-4-5-16-30)18-6-8-19(9-7-18)31-17-14-22-23(25(31)33)32(29-24(22)38(3,35)36)20-10-12-21(37-2)13-11-20/h6-13H,4-5,14-17H2,1-3H3,(H2,28,34). The molecule has 0 bridgehead atoms. The van der Waals surface area contributed by atoms with Crippen molar-refractivity contribution < 1.29 is 22.7 Å². The van der Waals surface area contributed by atoms with Gasteiger partial charge in [0.15, 0.2) is 14.9 Å². The Hall–Kier alpha value is -3.70. The number of rotatable bonds is 7. The van der Waals surface area contributed by atoms with E-state index in [0.29, 0.717) is 35.7 Å². The van der Waals surface area contributed by atoms with Gasteiger partial charge in [-0.15, -0.1) is 0 Å². The number of anilines is 1. The van der Waals surface area contributed by atoms with E-state index in [1.807, 2.05) is 19.1 Å². The summed E-state index contributed by atoms with van der Waals surface area (Å²) in [6.45, 7) is 3.73. The van der Waals surface area contributed by atoms with Crippen LogP contribution in [0.5, 0.6) is 5.75 Å². The molecule has 0 saturated carbocycles. The minimum atomic E-state index is -3.66. The maximum Gasteiger partial charge on any atom is 0.277 e. The highest BCUT2D eigenvalue weighted by molar-refractivity contribution is 7.90. The van der Waals surface area contributed by atoms with Gasteiger partial charge in [-0.1, -0.05) is 12.1 Å². The third kappa shape index (κ3) is 4.25. The number of ether oxygens (including phenoxy) is 1. The molecule has 38 heavy (non-hydrogen) atoms. The first-order valence-corrected chi connectivity index (χ1v) is 14.4. The van der Waals surface area contributed by atoms with Gasteiger partial charge < -0.3 is 15.4 Å². The van der Waals surface area contributed by atoms with E-state index in [1.54, 1.807) is 48.4 Å². The van der Waals surface area contributed by atoms with Gasteiger partial charge in [-0.25, -0.2) is 13.1 Å². The number of benzene rings is 2. The summed E-state index contributed by atoms with van der Waals surface area (Å²) in [7, 11) is -2.11. The summed E-state index contributed by atoms with van der Waals surface area (Å²) in [5, 5.41) is 4.27. The van der Waals surface area contributed by atoms with Crippen molar-refractivity contribution in [3.05, 3.63) is 65.4 Å². The number of amides is 2. The maximum absolute atomic E-state index is 13.8. The lowest BCUT2D eigenvalue weighted by molar-refractivity contribution is -0.129. The van der Waals surface area contributed by atoms with E-state index in [-0.39, 0.29) is 16.6 Å². The number of likely N-dealkylation sites (tertiary alicyclic amines) is 1. The molecule has 0 spiro atoms. The van der Waals surface area contributed by atoms with Gasteiger partial charge in [0.1, 0.15) is 17.0 Å². The zero-order chi connectivity index (χ0) is 27.2. The molecular weight excluding hydrogens is 506 g/mol. The highest BCUT2D eigenvalue weighted by Crippen LogP contribution is 2.35. The molecule has 1 atom stereocenters. The van der Waals surface area contributed by atoms with Crippen molar-refractivity contribution in [2.45, 2.75) is 36.8 Å². The Bertz CT molecular complexity index is 1490. The fraction of sp³-hybridized carbons (Fsp3) is 0.370. The fourth-order valence-electron chi connectivity index (χ4n) is 5.39. The summed E-state index contributed by atoms with van der Waals surface area (Å²) < 4.78 is 31.7. The Morgan fingerprint density at radius 1 is 1.00 bits per heavy atom. The molecule has 1 aromatic heterocycles. The summed E-state index contributed by atoms with van der Waals surface area (Å²) >= 11 is 0. The zero-order valence-electron chi connectivity index (χ0n) is 21.7. The van der Waals surface area contributed by atoms with Gasteiger partial charge >= 0.3 is 0 Å². The lowest BCUT2D eigenvalue weighted by Gasteiger charge is -2.36. The van der Waals surface area contributed by atoms with Crippen LogP contribution < -0.4 is 15.4 Å². The van der Waals surface area contributed by atoms with Crippen molar-refractivity contribution in [2.75, 3.05) is 37.9 Å². The van der Waals surface area contributed by atoms with Crippen molar-refractivity contribution in [2.24, 2.45) is 5.73 Å². The summed E-state index contributed by atoms with van der Waals surface area (Å²) in [5.74, 6) is -0.139.